The third kappa shape index (κ3) is 10.5. The smallest absolute Gasteiger partial charge is 0.333 e. The highest BCUT2D eigenvalue weighted by Gasteiger charge is 2.18. The van der Waals surface area contributed by atoms with Crippen molar-refractivity contribution in [3.8, 4) is 11.5 Å². The van der Waals surface area contributed by atoms with Crippen molar-refractivity contribution in [1.29, 1.82) is 0 Å². The number of ether oxygens (including phenoxy) is 3. The molecule has 39 heavy (non-hydrogen) atoms. The van der Waals surface area contributed by atoms with Gasteiger partial charge >= 0.3 is 12.0 Å². The highest BCUT2D eigenvalue weighted by atomic mass is 35.5. The number of aliphatic carboxylic acids is 1. The van der Waals surface area contributed by atoms with Crippen LogP contribution in [0.1, 0.15) is 25.3 Å². The van der Waals surface area contributed by atoms with Gasteiger partial charge in [-0.1, -0.05) is 54.1 Å². The Morgan fingerprint density at radius 3 is 2.23 bits per heavy atom. The molecule has 0 radical (unpaired) electrons. The van der Waals surface area contributed by atoms with Crippen molar-refractivity contribution in [3.05, 3.63) is 89.4 Å². The lowest BCUT2D eigenvalue weighted by Crippen LogP contribution is -2.38. The van der Waals surface area contributed by atoms with Gasteiger partial charge in [-0.25, -0.2) is 9.59 Å². The molecule has 2 N–H and O–H groups in total. The second-order valence-electron chi connectivity index (χ2n) is 8.74. The maximum atomic E-state index is 13.1. The van der Waals surface area contributed by atoms with E-state index in [-0.39, 0.29) is 19.1 Å². The summed E-state index contributed by atoms with van der Waals surface area (Å²) in [6.45, 7) is 3.82. The van der Waals surface area contributed by atoms with Crippen LogP contribution in [-0.2, 0) is 16.0 Å². The summed E-state index contributed by atoms with van der Waals surface area (Å²) >= 11 is 6.23. The molecule has 8 nitrogen and oxygen atoms in total. The van der Waals surface area contributed by atoms with Gasteiger partial charge < -0.3 is 29.5 Å². The Labute approximate surface area is 234 Å². The number of unbranched alkanes of at least 4 members (excludes halogenated alkanes) is 1. The maximum Gasteiger partial charge on any atom is 0.333 e. The van der Waals surface area contributed by atoms with Gasteiger partial charge in [0.1, 0.15) is 18.1 Å². The number of hydrogen-bond donors (Lipinski definition) is 2. The molecule has 208 valence electrons. The van der Waals surface area contributed by atoms with Crippen LogP contribution >= 0.6 is 11.6 Å². The van der Waals surface area contributed by atoms with Crippen molar-refractivity contribution < 1.29 is 28.9 Å². The summed E-state index contributed by atoms with van der Waals surface area (Å²) in [5.41, 5.74) is 1.38. The monoisotopic (exact) mass is 554 g/mol. The van der Waals surface area contributed by atoms with Crippen molar-refractivity contribution in [2.24, 2.45) is 0 Å². The van der Waals surface area contributed by atoms with Gasteiger partial charge in [-0.15, -0.1) is 0 Å². The molecule has 0 bridgehead atoms. The van der Waals surface area contributed by atoms with Crippen molar-refractivity contribution in [2.45, 2.75) is 32.3 Å². The van der Waals surface area contributed by atoms with Crippen LogP contribution in [0.25, 0.3) is 0 Å². The number of rotatable bonds is 16. The topological polar surface area (TPSA) is 97.3 Å². The summed E-state index contributed by atoms with van der Waals surface area (Å²) in [7, 11) is 0. The summed E-state index contributed by atoms with van der Waals surface area (Å²) in [6.07, 6.45) is 0.923. The van der Waals surface area contributed by atoms with Crippen LogP contribution in [0.4, 0.5) is 10.5 Å². The minimum absolute atomic E-state index is 0.262. The summed E-state index contributed by atoms with van der Waals surface area (Å²) < 4.78 is 16.9. The Bertz CT molecular complexity index is 1160. The van der Waals surface area contributed by atoms with Crippen LogP contribution in [0.15, 0.2) is 78.9 Å². The second-order valence-corrected chi connectivity index (χ2v) is 9.15. The Hall–Kier alpha value is -3.75. The normalized spacial score (nSPS) is 11.4. The zero-order chi connectivity index (χ0) is 27.9. The summed E-state index contributed by atoms with van der Waals surface area (Å²) in [6, 6.07) is 23.7. The number of carbonyl (C=O) groups excluding carboxylic acids is 1. The standard InChI is InChI=1S/C30H35ClN2O6/c1-2-37-28(29(34)35)22-23-14-16-25(17-15-23)39-21-19-33(30(36)32-27-13-7-6-12-26(27)31)18-8-9-20-38-24-10-4-3-5-11-24/h3-7,10-17,28H,2,8-9,18-22H2,1H3,(H,32,36)(H,34,35). The molecule has 0 spiro atoms. The van der Waals surface area contributed by atoms with E-state index in [9.17, 15) is 14.7 Å². The number of carbonyl (C=O) groups is 2. The molecule has 0 heterocycles. The maximum absolute atomic E-state index is 13.1. The molecule has 9 heteroatoms. The average Bonchev–Trinajstić information content (AvgIpc) is 2.94. The molecule has 1 atom stereocenters. The summed E-state index contributed by atoms with van der Waals surface area (Å²) in [4.78, 5) is 26.1. The number of para-hydroxylation sites is 2. The second kappa shape index (κ2) is 16.3. The van der Waals surface area contributed by atoms with Crippen LogP contribution in [0, 0.1) is 0 Å². The van der Waals surface area contributed by atoms with Crippen LogP contribution in [0.5, 0.6) is 11.5 Å². The Morgan fingerprint density at radius 2 is 1.54 bits per heavy atom. The largest absolute Gasteiger partial charge is 0.494 e. The molecular weight excluding hydrogens is 520 g/mol. The lowest BCUT2D eigenvalue weighted by molar-refractivity contribution is -0.149. The average molecular weight is 555 g/mol. The van der Waals surface area contributed by atoms with E-state index in [1.54, 1.807) is 42.2 Å². The lowest BCUT2D eigenvalue weighted by Gasteiger charge is -2.23. The Balaban J connectivity index is 1.51. The van der Waals surface area contributed by atoms with E-state index in [2.05, 4.69) is 5.32 Å². The first-order chi connectivity index (χ1) is 19.0. The number of benzene rings is 3. The van der Waals surface area contributed by atoms with Crippen molar-refractivity contribution in [1.82, 2.24) is 4.90 Å². The number of nitrogens with one attached hydrogen (secondary N) is 1. The molecule has 0 aliphatic rings. The molecule has 0 aliphatic heterocycles. The molecule has 3 aromatic carbocycles. The Kier molecular flexibility index (Phi) is 12.4. The number of nitrogens with zero attached hydrogens (tertiary/aromatic N) is 1. The van der Waals surface area contributed by atoms with E-state index in [4.69, 9.17) is 25.8 Å². The minimum atomic E-state index is -0.987. The predicted molar refractivity (Wildman–Crippen MR) is 152 cm³/mol. The molecule has 0 saturated carbocycles. The minimum Gasteiger partial charge on any atom is -0.494 e. The molecular formula is C30H35ClN2O6. The van der Waals surface area contributed by atoms with Crippen molar-refractivity contribution >= 4 is 29.3 Å². The van der Waals surface area contributed by atoms with E-state index in [1.807, 2.05) is 48.5 Å². The number of halogens is 1. The number of amides is 2. The number of carboxylic acids is 1. The zero-order valence-corrected chi connectivity index (χ0v) is 22.8. The van der Waals surface area contributed by atoms with Gasteiger partial charge in [-0.05, 0) is 61.7 Å². The first-order valence-electron chi connectivity index (χ1n) is 13.0. The van der Waals surface area contributed by atoms with E-state index >= 15 is 0 Å². The first kappa shape index (κ1) is 29.8. The van der Waals surface area contributed by atoms with Crippen molar-refractivity contribution in [3.63, 3.8) is 0 Å². The van der Waals surface area contributed by atoms with Gasteiger partial charge in [-0.2, -0.15) is 0 Å². The van der Waals surface area contributed by atoms with E-state index in [0.29, 0.717) is 42.8 Å². The third-order valence-corrected chi connectivity index (χ3v) is 6.18. The molecule has 1 unspecified atom stereocenters. The SMILES string of the molecule is CCOC(Cc1ccc(OCCN(CCCCOc2ccccc2)C(=O)Nc2ccccc2Cl)cc1)C(=O)O. The molecule has 3 aromatic rings. The number of anilines is 1. The lowest BCUT2D eigenvalue weighted by atomic mass is 10.1. The molecule has 0 aliphatic carbocycles. The number of urea groups is 1. The summed E-state index contributed by atoms with van der Waals surface area (Å²) in [5.74, 6) is 0.463. The molecule has 2 amide bonds. The van der Waals surface area contributed by atoms with E-state index < -0.39 is 12.1 Å². The van der Waals surface area contributed by atoms with Gasteiger partial charge in [0.2, 0.25) is 0 Å². The van der Waals surface area contributed by atoms with Crippen LogP contribution in [0.2, 0.25) is 5.02 Å². The molecule has 3 rings (SSSR count). The van der Waals surface area contributed by atoms with Crippen molar-refractivity contribution in [2.75, 3.05) is 38.2 Å². The quantitative estimate of drug-likeness (QED) is 0.206. The van der Waals surface area contributed by atoms with Gasteiger partial charge in [0, 0.05) is 19.6 Å². The highest BCUT2D eigenvalue weighted by Crippen LogP contribution is 2.21. The van der Waals surface area contributed by atoms with Crippen LogP contribution < -0.4 is 14.8 Å². The van der Waals surface area contributed by atoms with E-state index in [1.165, 1.54) is 0 Å². The highest BCUT2D eigenvalue weighted by molar-refractivity contribution is 6.33. The zero-order valence-electron chi connectivity index (χ0n) is 22.1. The van der Waals surface area contributed by atoms with Crippen LogP contribution in [-0.4, -0.2) is 61.0 Å². The fraction of sp³-hybridized carbons (Fsp3) is 0.333. The molecule has 0 saturated heterocycles. The number of carboxylic acid groups (broad SMARTS) is 1. The van der Waals surface area contributed by atoms with Crippen LogP contribution in [0.3, 0.4) is 0 Å². The first-order valence-corrected chi connectivity index (χ1v) is 13.4. The van der Waals surface area contributed by atoms with Gasteiger partial charge in [0.15, 0.2) is 6.10 Å². The van der Waals surface area contributed by atoms with E-state index in [0.717, 1.165) is 24.2 Å². The fourth-order valence-corrected chi connectivity index (χ4v) is 3.99. The molecule has 0 fully saturated rings. The predicted octanol–water partition coefficient (Wildman–Crippen LogP) is 6.14. The summed E-state index contributed by atoms with van der Waals surface area (Å²) in [5, 5.41) is 12.6. The number of hydrogen-bond acceptors (Lipinski definition) is 5. The third-order valence-electron chi connectivity index (χ3n) is 5.85. The Morgan fingerprint density at radius 1 is 0.872 bits per heavy atom. The fourth-order valence-electron chi connectivity index (χ4n) is 3.81. The van der Waals surface area contributed by atoms with Gasteiger partial charge in [0.05, 0.1) is 23.9 Å². The van der Waals surface area contributed by atoms with Gasteiger partial charge in [0.25, 0.3) is 0 Å². The van der Waals surface area contributed by atoms with Gasteiger partial charge in [-0.3, -0.25) is 0 Å². The molecule has 0 aromatic heterocycles.